The Hall–Kier alpha value is -2.36. The van der Waals surface area contributed by atoms with Gasteiger partial charge < -0.3 is 10.0 Å². The molecule has 0 spiro atoms. The molecule has 2 rings (SSSR count). The minimum absolute atomic E-state index is 0.206. The highest BCUT2D eigenvalue weighted by Gasteiger charge is 2.15. The molecule has 1 heterocycles. The van der Waals surface area contributed by atoms with Gasteiger partial charge in [-0.25, -0.2) is 4.79 Å². The first-order valence-corrected chi connectivity index (χ1v) is 6.55. The fourth-order valence-electron chi connectivity index (χ4n) is 2.08. The second-order valence-corrected chi connectivity index (χ2v) is 4.73. The predicted octanol–water partition coefficient (Wildman–Crippen LogP) is 3.42. The lowest BCUT2D eigenvalue weighted by molar-refractivity contribution is 0.0697. The topological polar surface area (TPSA) is 53.4 Å². The molecule has 1 N–H and O–H groups in total. The Kier molecular flexibility index (Phi) is 4.03. The van der Waals surface area contributed by atoms with E-state index in [0.717, 1.165) is 17.8 Å². The van der Waals surface area contributed by atoms with Gasteiger partial charge in [0.05, 0.1) is 5.69 Å². The Morgan fingerprint density at radius 3 is 2.50 bits per heavy atom. The maximum absolute atomic E-state index is 11.3. The van der Waals surface area contributed by atoms with E-state index < -0.39 is 5.97 Å². The van der Waals surface area contributed by atoms with Gasteiger partial charge in [-0.15, -0.1) is 0 Å². The van der Waals surface area contributed by atoms with E-state index in [1.165, 1.54) is 11.8 Å². The van der Waals surface area contributed by atoms with E-state index in [1.807, 2.05) is 31.0 Å². The third-order valence-electron chi connectivity index (χ3n) is 3.34. The molecule has 0 saturated carbocycles. The van der Waals surface area contributed by atoms with Crippen molar-refractivity contribution in [1.82, 2.24) is 4.98 Å². The lowest BCUT2D eigenvalue weighted by Gasteiger charge is -2.21. The molecule has 1 aromatic heterocycles. The number of anilines is 2. The van der Waals surface area contributed by atoms with Crippen LogP contribution in [0.3, 0.4) is 0 Å². The maximum Gasteiger partial charge on any atom is 0.339 e. The van der Waals surface area contributed by atoms with Crippen LogP contribution in [0.25, 0.3) is 0 Å². The molecule has 0 aliphatic heterocycles. The molecule has 0 amide bonds. The van der Waals surface area contributed by atoms with E-state index in [-0.39, 0.29) is 5.56 Å². The van der Waals surface area contributed by atoms with Gasteiger partial charge in [0.1, 0.15) is 5.56 Å². The number of nitrogens with zero attached hydrogens (tertiary/aromatic N) is 2. The Morgan fingerprint density at radius 1 is 1.30 bits per heavy atom. The number of aromatic carboxylic acids is 1. The maximum atomic E-state index is 11.3. The highest BCUT2D eigenvalue weighted by molar-refractivity contribution is 5.95. The zero-order valence-corrected chi connectivity index (χ0v) is 11.9. The van der Waals surface area contributed by atoms with Gasteiger partial charge in [-0.1, -0.05) is 19.1 Å². The molecule has 0 saturated heterocycles. The zero-order chi connectivity index (χ0) is 14.7. The van der Waals surface area contributed by atoms with E-state index in [0.29, 0.717) is 5.69 Å². The Morgan fingerprint density at radius 2 is 1.95 bits per heavy atom. The van der Waals surface area contributed by atoms with Crippen LogP contribution < -0.4 is 4.90 Å². The van der Waals surface area contributed by atoms with Crippen LogP contribution in [0, 0.1) is 6.92 Å². The number of aromatic nitrogens is 1. The first-order valence-electron chi connectivity index (χ1n) is 6.55. The molecule has 104 valence electrons. The van der Waals surface area contributed by atoms with Crippen LogP contribution in [0.15, 0.2) is 36.5 Å². The summed E-state index contributed by atoms with van der Waals surface area (Å²) < 4.78 is 0. The average Bonchev–Trinajstić information content (AvgIpc) is 2.46. The normalized spacial score (nSPS) is 10.3. The number of carbonyl (C=O) groups is 1. The number of hydrogen-bond acceptors (Lipinski definition) is 3. The number of rotatable bonds is 4. The van der Waals surface area contributed by atoms with Gasteiger partial charge in [0.2, 0.25) is 0 Å². The van der Waals surface area contributed by atoms with Crippen LogP contribution in [0.4, 0.5) is 11.4 Å². The van der Waals surface area contributed by atoms with Crippen molar-refractivity contribution < 1.29 is 9.90 Å². The van der Waals surface area contributed by atoms with Crippen molar-refractivity contribution >= 4 is 17.3 Å². The highest BCUT2D eigenvalue weighted by Crippen LogP contribution is 2.27. The lowest BCUT2D eigenvalue weighted by Crippen LogP contribution is -2.15. The van der Waals surface area contributed by atoms with Crippen LogP contribution in [0.2, 0.25) is 0 Å². The number of hydrogen-bond donors (Lipinski definition) is 1. The molecule has 20 heavy (non-hydrogen) atoms. The van der Waals surface area contributed by atoms with Crippen molar-refractivity contribution in [3.63, 3.8) is 0 Å². The van der Waals surface area contributed by atoms with Crippen LogP contribution in [-0.4, -0.2) is 23.1 Å². The van der Waals surface area contributed by atoms with Gasteiger partial charge in [0, 0.05) is 24.6 Å². The number of aryl methyl sites for hydroxylation is 2. The molecule has 0 unspecified atom stereocenters. The van der Waals surface area contributed by atoms with Crippen molar-refractivity contribution in [3.05, 3.63) is 53.3 Å². The first-order chi connectivity index (χ1) is 9.52. The van der Waals surface area contributed by atoms with E-state index >= 15 is 0 Å². The van der Waals surface area contributed by atoms with Crippen LogP contribution in [0.1, 0.15) is 28.5 Å². The standard InChI is InChI=1S/C16H18N2O2/c1-4-12-5-7-13(8-6-12)18(3)15-9-11(2)17-10-14(15)16(19)20/h5-10H,4H2,1-3H3,(H,19,20). The van der Waals surface area contributed by atoms with Crippen molar-refractivity contribution in [2.24, 2.45) is 0 Å². The van der Waals surface area contributed by atoms with E-state index in [9.17, 15) is 9.90 Å². The summed E-state index contributed by atoms with van der Waals surface area (Å²) in [6.45, 7) is 3.95. The molecule has 4 nitrogen and oxygen atoms in total. The molecule has 0 bridgehead atoms. The molecule has 0 atom stereocenters. The van der Waals surface area contributed by atoms with Gasteiger partial charge in [-0.2, -0.15) is 0 Å². The Bertz CT molecular complexity index is 621. The molecule has 0 fully saturated rings. The zero-order valence-electron chi connectivity index (χ0n) is 11.9. The second kappa shape index (κ2) is 5.74. The third-order valence-corrected chi connectivity index (χ3v) is 3.34. The van der Waals surface area contributed by atoms with Crippen molar-refractivity contribution in [1.29, 1.82) is 0 Å². The quantitative estimate of drug-likeness (QED) is 0.925. The van der Waals surface area contributed by atoms with E-state index in [2.05, 4.69) is 24.0 Å². The van der Waals surface area contributed by atoms with Crippen LogP contribution >= 0.6 is 0 Å². The molecule has 0 aliphatic rings. The molecule has 0 radical (unpaired) electrons. The average molecular weight is 270 g/mol. The van der Waals surface area contributed by atoms with Crippen LogP contribution in [0.5, 0.6) is 0 Å². The molecular weight excluding hydrogens is 252 g/mol. The molecular formula is C16H18N2O2. The molecule has 0 aliphatic carbocycles. The number of benzene rings is 1. The summed E-state index contributed by atoms with van der Waals surface area (Å²) in [5.74, 6) is -0.968. The van der Waals surface area contributed by atoms with Crippen LogP contribution in [-0.2, 0) is 6.42 Å². The summed E-state index contributed by atoms with van der Waals surface area (Å²) >= 11 is 0. The fraction of sp³-hybridized carbons (Fsp3) is 0.250. The number of carboxylic acid groups (broad SMARTS) is 1. The van der Waals surface area contributed by atoms with E-state index in [4.69, 9.17) is 0 Å². The first kappa shape index (κ1) is 14.1. The van der Waals surface area contributed by atoms with Gasteiger partial charge in [0.25, 0.3) is 0 Å². The summed E-state index contributed by atoms with van der Waals surface area (Å²) in [6, 6.07) is 9.90. The molecule has 2 aromatic rings. The highest BCUT2D eigenvalue weighted by atomic mass is 16.4. The van der Waals surface area contributed by atoms with Gasteiger partial charge in [-0.3, -0.25) is 4.98 Å². The summed E-state index contributed by atoms with van der Waals surface area (Å²) in [5, 5.41) is 9.27. The van der Waals surface area contributed by atoms with Gasteiger partial charge in [0.15, 0.2) is 0 Å². The predicted molar refractivity (Wildman–Crippen MR) is 79.8 cm³/mol. The number of pyridine rings is 1. The minimum Gasteiger partial charge on any atom is -0.478 e. The van der Waals surface area contributed by atoms with Crippen molar-refractivity contribution in [2.45, 2.75) is 20.3 Å². The van der Waals surface area contributed by atoms with Gasteiger partial charge >= 0.3 is 5.97 Å². The summed E-state index contributed by atoms with van der Waals surface area (Å²) in [7, 11) is 1.86. The monoisotopic (exact) mass is 270 g/mol. The fourth-order valence-corrected chi connectivity index (χ4v) is 2.08. The van der Waals surface area contributed by atoms with E-state index in [1.54, 1.807) is 6.07 Å². The summed E-state index contributed by atoms with van der Waals surface area (Å²) in [5.41, 5.74) is 3.86. The number of carboxylic acids is 1. The summed E-state index contributed by atoms with van der Waals surface area (Å²) in [4.78, 5) is 17.2. The Balaban J connectivity index is 2.43. The third kappa shape index (κ3) is 2.79. The Labute approximate surface area is 118 Å². The SMILES string of the molecule is CCc1ccc(N(C)c2cc(C)ncc2C(=O)O)cc1. The second-order valence-electron chi connectivity index (χ2n) is 4.73. The molecule has 1 aromatic carbocycles. The van der Waals surface area contributed by atoms with Gasteiger partial charge in [-0.05, 0) is 37.1 Å². The largest absolute Gasteiger partial charge is 0.478 e. The van der Waals surface area contributed by atoms with Crippen molar-refractivity contribution in [2.75, 3.05) is 11.9 Å². The summed E-state index contributed by atoms with van der Waals surface area (Å²) in [6.07, 6.45) is 2.39. The van der Waals surface area contributed by atoms with Crippen molar-refractivity contribution in [3.8, 4) is 0 Å². The minimum atomic E-state index is -0.968. The molecule has 4 heteroatoms. The lowest BCUT2D eigenvalue weighted by atomic mass is 10.1. The smallest absolute Gasteiger partial charge is 0.339 e.